The number of nitrogens with one attached hydrogen (secondary N) is 1. The van der Waals surface area contributed by atoms with Gasteiger partial charge in [-0.1, -0.05) is 18.5 Å². The average molecular weight is 296 g/mol. The lowest BCUT2D eigenvalue weighted by atomic mass is 10.2. The summed E-state index contributed by atoms with van der Waals surface area (Å²) in [6.45, 7) is 2.63. The summed E-state index contributed by atoms with van der Waals surface area (Å²) in [5.74, 6) is -0.182. The van der Waals surface area contributed by atoms with Crippen LogP contribution in [-0.2, 0) is 12.8 Å². The van der Waals surface area contributed by atoms with Crippen molar-refractivity contribution in [3.05, 3.63) is 45.1 Å². The first-order valence-corrected chi connectivity index (χ1v) is 7.27. The molecule has 0 saturated carbocycles. The summed E-state index contributed by atoms with van der Waals surface area (Å²) in [5.41, 5.74) is 1.46. The van der Waals surface area contributed by atoms with Crippen molar-refractivity contribution >= 4 is 28.8 Å². The van der Waals surface area contributed by atoms with Gasteiger partial charge in [0, 0.05) is 30.7 Å². The molecule has 1 N–H and O–H groups in total. The molecule has 0 aliphatic rings. The lowest BCUT2D eigenvalue weighted by Crippen LogP contribution is -2.26. The van der Waals surface area contributed by atoms with Gasteiger partial charge in [0.2, 0.25) is 0 Å². The maximum absolute atomic E-state index is 11.9. The van der Waals surface area contributed by atoms with E-state index in [4.69, 9.17) is 11.6 Å². The maximum Gasteiger partial charge on any atom is 0.252 e. The number of hydrogen-bond donors (Lipinski definition) is 1. The number of carbonyl (C=O) groups is 1. The van der Waals surface area contributed by atoms with E-state index in [9.17, 15) is 4.79 Å². The van der Waals surface area contributed by atoms with Gasteiger partial charge in [0.05, 0.1) is 21.3 Å². The number of rotatable bonds is 5. The smallest absolute Gasteiger partial charge is 0.252 e. The number of aromatic nitrogens is 2. The van der Waals surface area contributed by atoms with E-state index in [1.165, 1.54) is 6.20 Å². The molecule has 1 amide bonds. The summed E-state index contributed by atoms with van der Waals surface area (Å²) >= 11 is 7.56. The SMILES string of the molecule is CCc1nc(CCNC(=O)c2ccncc2Cl)cs1. The molecule has 0 aliphatic heterocycles. The van der Waals surface area contributed by atoms with Gasteiger partial charge >= 0.3 is 0 Å². The van der Waals surface area contributed by atoms with Crippen molar-refractivity contribution in [2.75, 3.05) is 6.54 Å². The second kappa shape index (κ2) is 6.63. The van der Waals surface area contributed by atoms with E-state index in [0.29, 0.717) is 17.1 Å². The number of nitrogens with zero attached hydrogens (tertiary/aromatic N) is 2. The molecular formula is C13H14ClN3OS. The van der Waals surface area contributed by atoms with Gasteiger partial charge in [-0.25, -0.2) is 4.98 Å². The zero-order valence-electron chi connectivity index (χ0n) is 10.5. The Balaban J connectivity index is 1.86. The molecular weight excluding hydrogens is 282 g/mol. The van der Waals surface area contributed by atoms with Crippen molar-refractivity contribution in [3.8, 4) is 0 Å². The standard InChI is InChI=1S/C13H14ClN3OS/c1-2-12-17-9(8-19-12)3-6-16-13(18)10-4-5-15-7-11(10)14/h4-5,7-8H,2-3,6H2,1H3,(H,16,18). The highest BCUT2D eigenvalue weighted by Crippen LogP contribution is 2.13. The summed E-state index contributed by atoms with van der Waals surface area (Å²) in [4.78, 5) is 20.2. The highest BCUT2D eigenvalue weighted by molar-refractivity contribution is 7.09. The molecule has 4 nitrogen and oxygen atoms in total. The van der Waals surface area contributed by atoms with Crippen LogP contribution in [0.3, 0.4) is 0 Å². The summed E-state index contributed by atoms with van der Waals surface area (Å²) in [7, 11) is 0. The van der Waals surface area contributed by atoms with E-state index in [1.54, 1.807) is 23.6 Å². The lowest BCUT2D eigenvalue weighted by molar-refractivity contribution is 0.0954. The fourth-order valence-electron chi connectivity index (χ4n) is 1.58. The molecule has 100 valence electrons. The normalized spacial score (nSPS) is 10.4. The van der Waals surface area contributed by atoms with Crippen molar-refractivity contribution in [1.82, 2.24) is 15.3 Å². The summed E-state index contributed by atoms with van der Waals surface area (Å²) in [5, 5.41) is 6.35. The Labute approximate surface area is 120 Å². The number of pyridine rings is 1. The van der Waals surface area contributed by atoms with Crippen LogP contribution in [0, 0.1) is 0 Å². The first-order valence-electron chi connectivity index (χ1n) is 6.01. The fraction of sp³-hybridized carbons (Fsp3) is 0.308. The van der Waals surface area contributed by atoms with Crippen LogP contribution in [0.4, 0.5) is 0 Å². The first kappa shape index (κ1) is 14.0. The van der Waals surface area contributed by atoms with Crippen LogP contribution >= 0.6 is 22.9 Å². The van der Waals surface area contributed by atoms with Crippen LogP contribution in [0.1, 0.15) is 28.0 Å². The third kappa shape index (κ3) is 3.75. The van der Waals surface area contributed by atoms with E-state index in [1.807, 2.05) is 5.38 Å². The van der Waals surface area contributed by atoms with Gasteiger partial charge in [-0.2, -0.15) is 0 Å². The molecule has 0 bridgehead atoms. The molecule has 6 heteroatoms. The monoisotopic (exact) mass is 295 g/mol. The third-order valence-electron chi connectivity index (χ3n) is 2.59. The van der Waals surface area contributed by atoms with Crippen LogP contribution < -0.4 is 5.32 Å². The first-order chi connectivity index (χ1) is 9.20. The summed E-state index contributed by atoms with van der Waals surface area (Å²) < 4.78 is 0. The Kier molecular flexibility index (Phi) is 4.87. The van der Waals surface area contributed by atoms with Gasteiger partial charge in [-0.15, -0.1) is 11.3 Å². The van der Waals surface area contributed by atoms with Crippen LogP contribution in [0.25, 0.3) is 0 Å². The van der Waals surface area contributed by atoms with E-state index in [-0.39, 0.29) is 5.91 Å². The zero-order chi connectivity index (χ0) is 13.7. The van der Waals surface area contributed by atoms with E-state index < -0.39 is 0 Å². The highest BCUT2D eigenvalue weighted by atomic mass is 35.5. The van der Waals surface area contributed by atoms with Gasteiger partial charge in [0.25, 0.3) is 5.91 Å². The zero-order valence-corrected chi connectivity index (χ0v) is 12.1. The minimum absolute atomic E-state index is 0.182. The predicted molar refractivity (Wildman–Crippen MR) is 76.8 cm³/mol. The topological polar surface area (TPSA) is 54.9 Å². The number of thiazole rings is 1. The molecule has 2 rings (SSSR count). The molecule has 0 saturated heterocycles. The van der Waals surface area contributed by atoms with Crippen molar-refractivity contribution in [1.29, 1.82) is 0 Å². The van der Waals surface area contributed by atoms with Crippen LogP contribution in [0.15, 0.2) is 23.8 Å². The highest BCUT2D eigenvalue weighted by Gasteiger charge is 2.09. The number of hydrogen-bond acceptors (Lipinski definition) is 4. The van der Waals surface area contributed by atoms with Crippen molar-refractivity contribution in [2.45, 2.75) is 19.8 Å². The van der Waals surface area contributed by atoms with Gasteiger partial charge in [0.1, 0.15) is 0 Å². The maximum atomic E-state index is 11.9. The largest absolute Gasteiger partial charge is 0.352 e. The summed E-state index contributed by atoms with van der Waals surface area (Å²) in [6.07, 6.45) is 4.69. The van der Waals surface area contributed by atoms with E-state index >= 15 is 0 Å². The van der Waals surface area contributed by atoms with Crippen LogP contribution in [0.2, 0.25) is 5.02 Å². The van der Waals surface area contributed by atoms with Gasteiger partial charge in [-0.05, 0) is 12.5 Å². The Morgan fingerprint density at radius 2 is 2.37 bits per heavy atom. The number of amides is 1. The van der Waals surface area contributed by atoms with Crippen molar-refractivity contribution < 1.29 is 4.79 Å². The molecule has 2 aromatic heterocycles. The van der Waals surface area contributed by atoms with Crippen LogP contribution in [0.5, 0.6) is 0 Å². The Bertz CT molecular complexity index is 571. The molecule has 0 fully saturated rings. The number of aryl methyl sites for hydroxylation is 1. The minimum Gasteiger partial charge on any atom is -0.352 e. The molecule has 2 heterocycles. The van der Waals surface area contributed by atoms with Crippen molar-refractivity contribution in [2.24, 2.45) is 0 Å². The minimum atomic E-state index is -0.182. The molecule has 0 unspecified atom stereocenters. The van der Waals surface area contributed by atoms with Gasteiger partial charge in [-0.3, -0.25) is 9.78 Å². The predicted octanol–water partition coefficient (Wildman–Crippen LogP) is 2.73. The lowest BCUT2D eigenvalue weighted by Gasteiger charge is -2.05. The molecule has 2 aromatic rings. The van der Waals surface area contributed by atoms with E-state index in [2.05, 4.69) is 22.2 Å². The molecule has 0 aliphatic carbocycles. The van der Waals surface area contributed by atoms with Crippen molar-refractivity contribution in [3.63, 3.8) is 0 Å². The molecule has 19 heavy (non-hydrogen) atoms. The number of carbonyl (C=O) groups excluding carboxylic acids is 1. The van der Waals surface area contributed by atoms with Crippen LogP contribution in [-0.4, -0.2) is 22.4 Å². The molecule has 0 atom stereocenters. The Morgan fingerprint density at radius 3 is 3.05 bits per heavy atom. The fourth-order valence-corrected chi connectivity index (χ4v) is 2.57. The second-order valence-corrected chi connectivity index (χ2v) is 5.30. The van der Waals surface area contributed by atoms with Gasteiger partial charge in [0.15, 0.2) is 0 Å². The third-order valence-corrected chi connectivity index (χ3v) is 3.93. The average Bonchev–Trinajstić information content (AvgIpc) is 2.87. The Hall–Kier alpha value is -1.46. The second-order valence-electron chi connectivity index (χ2n) is 3.95. The van der Waals surface area contributed by atoms with E-state index in [0.717, 1.165) is 23.5 Å². The van der Waals surface area contributed by atoms with Gasteiger partial charge < -0.3 is 5.32 Å². The summed E-state index contributed by atoms with van der Waals surface area (Å²) in [6, 6.07) is 1.61. The molecule has 0 radical (unpaired) electrons. The quantitative estimate of drug-likeness (QED) is 0.923. The molecule has 0 spiro atoms. The number of halogens is 1. The molecule has 0 aromatic carbocycles. The Morgan fingerprint density at radius 1 is 1.53 bits per heavy atom.